The second-order valence-electron chi connectivity index (χ2n) is 7.16. The van der Waals surface area contributed by atoms with Crippen LogP contribution in [0.2, 0.25) is 0 Å². The van der Waals surface area contributed by atoms with E-state index in [-0.39, 0.29) is 30.3 Å². The lowest BCUT2D eigenvalue weighted by Crippen LogP contribution is -2.22. The second kappa shape index (κ2) is 7.01. The fourth-order valence-corrected chi connectivity index (χ4v) is 4.00. The molecule has 0 spiro atoms. The Balaban J connectivity index is 1.91. The van der Waals surface area contributed by atoms with Crippen molar-refractivity contribution in [1.82, 2.24) is 4.98 Å². The number of carboxylic acid groups (broad SMARTS) is 1. The molecule has 1 aromatic rings. The van der Waals surface area contributed by atoms with Crippen LogP contribution in [0.15, 0.2) is 6.07 Å². The molecule has 0 saturated carbocycles. The monoisotopic (exact) mass is 331 g/mol. The van der Waals surface area contributed by atoms with E-state index in [9.17, 15) is 9.59 Å². The van der Waals surface area contributed by atoms with Gasteiger partial charge in [0.2, 0.25) is 0 Å². The van der Waals surface area contributed by atoms with E-state index in [2.05, 4.69) is 4.98 Å². The van der Waals surface area contributed by atoms with Crippen LogP contribution in [0.1, 0.15) is 66.8 Å². The topological polar surface area (TPSA) is 76.5 Å². The van der Waals surface area contributed by atoms with Gasteiger partial charge in [-0.3, -0.25) is 9.59 Å². The minimum absolute atomic E-state index is 0.0618. The zero-order valence-corrected chi connectivity index (χ0v) is 14.4. The van der Waals surface area contributed by atoms with E-state index in [1.54, 1.807) is 0 Å². The molecular weight excluding hydrogens is 306 g/mol. The lowest BCUT2D eigenvalue weighted by Gasteiger charge is -2.17. The Hall–Kier alpha value is -1.75. The highest BCUT2D eigenvalue weighted by Crippen LogP contribution is 2.31. The van der Waals surface area contributed by atoms with Crippen molar-refractivity contribution < 1.29 is 19.4 Å². The first-order valence-corrected chi connectivity index (χ1v) is 8.87. The Morgan fingerprint density at radius 3 is 2.79 bits per heavy atom. The van der Waals surface area contributed by atoms with E-state index in [4.69, 9.17) is 9.84 Å². The van der Waals surface area contributed by atoms with Gasteiger partial charge in [-0.1, -0.05) is 0 Å². The van der Waals surface area contributed by atoms with Gasteiger partial charge >= 0.3 is 5.97 Å². The Bertz CT molecular complexity index is 655. The molecule has 1 saturated heterocycles. The molecule has 5 heteroatoms. The largest absolute Gasteiger partial charge is 0.481 e. The molecule has 0 aromatic carbocycles. The van der Waals surface area contributed by atoms with Crippen molar-refractivity contribution in [2.75, 3.05) is 0 Å². The number of hydrogen-bond donors (Lipinski definition) is 1. The average molecular weight is 331 g/mol. The molecule has 1 N–H and O–H groups in total. The number of aliphatic carboxylic acids is 1. The number of carbonyl (C=O) groups excluding carboxylic acids is 1. The summed E-state index contributed by atoms with van der Waals surface area (Å²) in [6.45, 7) is 4.06. The molecule has 1 aliphatic heterocycles. The molecule has 3 rings (SSSR count). The summed E-state index contributed by atoms with van der Waals surface area (Å²) >= 11 is 0. The lowest BCUT2D eigenvalue weighted by molar-refractivity contribution is -0.136. The molecule has 130 valence electrons. The Morgan fingerprint density at radius 1 is 1.25 bits per heavy atom. The lowest BCUT2D eigenvalue weighted by atomic mass is 9.88. The molecule has 1 fully saturated rings. The molecule has 0 radical (unpaired) electrons. The summed E-state index contributed by atoms with van der Waals surface area (Å²) in [6.07, 6.45) is 5.29. The maximum absolute atomic E-state index is 13.1. The molecule has 0 amide bonds. The quantitative estimate of drug-likeness (QED) is 0.858. The highest BCUT2D eigenvalue weighted by molar-refractivity contribution is 5.98. The Morgan fingerprint density at radius 2 is 2.04 bits per heavy atom. The summed E-state index contributed by atoms with van der Waals surface area (Å²) in [5.41, 5.74) is 3.17. The predicted molar refractivity (Wildman–Crippen MR) is 89.3 cm³/mol. The van der Waals surface area contributed by atoms with Gasteiger partial charge in [-0.2, -0.15) is 0 Å². The third kappa shape index (κ3) is 3.66. The van der Waals surface area contributed by atoms with Crippen LogP contribution in [-0.4, -0.2) is 34.1 Å². The van der Waals surface area contributed by atoms with Crippen molar-refractivity contribution in [2.45, 2.75) is 71.0 Å². The molecule has 2 aliphatic rings. The average Bonchev–Trinajstić information content (AvgIpc) is 2.90. The maximum Gasteiger partial charge on any atom is 0.309 e. The summed E-state index contributed by atoms with van der Waals surface area (Å²) in [4.78, 5) is 28.6. The number of rotatable bonds is 4. The van der Waals surface area contributed by atoms with Crippen molar-refractivity contribution in [3.63, 3.8) is 0 Å². The molecule has 1 aromatic heterocycles. The minimum atomic E-state index is -0.913. The summed E-state index contributed by atoms with van der Waals surface area (Å²) in [5.74, 6) is -0.920. The number of aromatic nitrogens is 1. The first-order chi connectivity index (χ1) is 11.4. The van der Waals surface area contributed by atoms with E-state index in [0.717, 1.165) is 43.2 Å². The Kier molecular flexibility index (Phi) is 4.99. The van der Waals surface area contributed by atoms with E-state index in [0.29, 0.717) is 17.8 Å². The van der Waals surface area contributed by atoms with Crippen molar-refractivity contribution in [1.29, 1.82) is 0 Å². The molecule has 2 heterocycles. The van der Waals surface area contributed by atoms with E-state index in [1.165, 1.54) is 0 Å². The van der Waals surface area contributed by atoms with Gasteiger partial charge in [0.15, 0.2) is 5.78 Å². The van der Waals surface area contributed by atoms with Crippen LogP contribution in [0, 0.1) is 5.92 Å². The number of carboxylic acids is 1. The number of ether oxygens (including phenoxy) is 1. The van der Waals surface area contributed by atoms with E-state index < -0.39 is 5.97 Å². The van der Waals surface area contributed by atoms with Crippen LogP contribution >= 0.6 is 0 Å². The van der Waals surface area contributed by atoms with Gasteiger partial charge in [0.05, 0.1) is 24.3 Å². The SMILES string of the molecule is C[C@@H]1CC(C(=O)c2nc(CC(=O)O)cc3c2CCC3)CC[C@H](C)O1. The van der Waals surface area contributed by atoms with Gasteiger partial charge < -0.3 is 9.84 Å². The molecular formula is C19H25NO4. The van der Waals surface area contributed by atoms with Crippen molar-refractivity contribution in [3.8, 4) is 0 Å². The zero-order chi connectivity index (χ0) is 17.3. The summed E-state index contributed by atoms with van der Waals surface area (Å²) in [7, 11) is 0. The van der Waals surface area contributed by atoms with E-state index >= 15 is 0 Å². The predicted octanol–water partition coefficient (Wildman–Crippen LogP) is 2.97. The molecule has 1 aliphatic carbocycles. The fourth-order valence-electron chi connectivity index (χ4n) is 4.00. The van der Waals surface area contributed by atoms with Crippen LogP contribution in [0.25, 0.3) is 0 Å². The number of carbonyl (C=O) groups is 2. The van der Waals surface area contributed by atoms with Crippen LogP contribution in [0.3, 0.4) is 0 Å². The zero-order valence-electron chi connectivity index (χ0n) is 14.4. The normalized spacial score (nSPS) is 26.7. The van der Waals surface area contributed by atoms with Gasteiger partial charge in [0, 0.05) is 5.92 Å². The van der Waals surface area contributed by atoms with Gasteiger partial charge in [-0.25, -0.2) is 4.98 Å². The Labute approximate surface area is 142 Å². The second-order valence-corrected chi connectivity index (χ2v) is 7.16. The summed E-state index contributed by atoms with van der Waals surface area (Å²) in [5, 5.41) is 9.05. The maximum atomic E-state index is 13.1. The molecule has 5 nitrogen and oxygen atoms in total. The number of aryl methyl sites for hydroxylation is 1. The minimum Gasteiger partial charge on any atom is -0.481 e. The van der Waals surface area contributed by atoms with Crippen LogP contribution in [0.4, 0.5) is 0 Å². The first kappa shape index (κ1) is 17.1. The van der Waals surface area contributed by atoms with Crippen molar-refractivity contribution in [3.05, 3.63) is 28.6 Å². The molecule has 1 unspecified atom stereocenters. The standard InChI is InChI=1S/C19H25NO4/c1-11-6-7-14(8-12(2)24-11)19(23)18-16-5-3-4-13(16)9-15(20-18)10-17(21)22/h9,11-12,14H,3-8,10H2,1-2H3,(H,21,22)/t11-,12+,14?/m0/s1. The number of Topliss-reactive ketones (excluding diaryl/α,β-unsaturated/α-hetero) is 1. The van der Waals surface area contributed by atoms with Gasteiger partial charge in [0.25, 0.3) is 0 Å². The highest BCUT2D eigenvalue weighted by atomic mass is 16.5. The van der Waals surface area contributed by atoms with Crippen molar-refractivity contribution >= 4 is 11.8 Å². The third-order valence-electron chi connectivity index (χ3n) is 5.08. The van der Waals surface area contributed by atoms with Crippen LogP contribution in [0.5, 0.6) is 0 Å². The highest BCUT2D eigenvalue weighted by Gasteiger charge is 2.31. The smallest absolute Gasteiger partial charge is 0.309 e. The van der Waals surface area contributed by atoms with E-state index in [1.807, 2.05) is 19.9 Å². The van der Waals surface area contributed by atoms with Crippen LogP contribution in [-0.2, 0) is 28.8 Å². The number of pyridine rings is 1. The fraction of sp³-hybridized carbons (Fsp3) is 0.632. The first-order valence-electron chi connectivity index (χ1n) is 8.87. The number of nitrogens with zero attached hydrogens (tertiary/aromatic N) is 1. The molecule has 0 bridgehead atoms. The summed E-state index contributed by atoms with van der Waals surface area (Å²) in [6, 6.07) is 1.87. The third-order valence-corrected chi connectivity index (χ3v) is 5.08. The number of hydrogen-bond acceptors (Lipinski definition) is 4. The van der Waals surface area contributed by atoms with Gasteiger partial charge in [0.1, 0.15) is 5.69 Å². The van der Waals surface area contributed by atoms with Crippen LogP contribution < -0.4 is 0 Å². The summed E-state index contributed by atoms with van der Waals surface area (Å²) < 4.78 is 5.85. The van der Waals surface area contributed by atoms with Gasteiger partial charge in [-0.05, 0) is 69.6 Å². The number of ketones is 1. The van der Waals surface area contributed by atoms with Crippen molar-refractivity contribution in [2.24, 2.45) is 5.92 Å². The number of fused-ring (bicyclic) bond motifs is 1. The van der Waals surface area contributed by atoms with Gasteiger partial charge in [-0.15, -0.1) is 0 Å². The molecule has 3 atom stereocenters. The molecule has 24 heavy (non-hydrogen) atoms.